The van der Waals surface area contributed by atoms with Crippen molar-refractivity contribution in [3.05, 3.63) is 47.9 Å². The summed E-state index contributed by atoms with van der Waals surface area (Å²) in [6.45, 7) is 3.76. The van der Waals surface area contributed by atoms with Gasteiger partial charge in [0.05, 0.1) is 24.6 Å². The molecular weight excluding hydrogens is 436 g/mol. The zero-order valence-corrected chi connectivity index (χ0v) is 17.8. The highest BCUT2D eigenvalue weighted by Crippen LogP contribution is 2.34. The largest absolute Gasteiger partial charge is 0.461 e. The molecule has 12 heteroatoms. The van der Waals surface area contributed by atoms with Gasteiger partial charge in [0.1, 0.15) is 17.2 Å². The third kappa shape index (κ3) is 6.39. The van der Waals surface area contributed by atoms with Crippen LogP contribution in [0.1, 0.15) is 23.1 Å². The third-order valence-electron chi connectivity index (χ3n) is 3.52. The molecule has 0 aliphatic rings. The number of pyridine rings is 1. The molecule has 0 aliphatic heterocycles. The molecule has 1 aromatic carbocycles. The third-order valence-corrected chi connectivity index (χ3v) is 4.00. The zero-order chi connectivity index (χ0) is 22.3. The Morgan fingerprint density at radius 1 is 1.17 bits per heavy atom. The Labute approximate surface area is 175 Å². The number of aromatic nitrogens is 2. The van der Waals surface area contributed by atoms with Crippen LogP contribution in [-0.4, -0.2) is 45.6 Å². The molecule has 0 bridgehead atoms. The van der Waals surface area contributed by atoms with Gasteiger partial charge in [-0.2, -0.15) is 16.8 Å². The second kappa shape index (κ2) is 9.98. The van der Waals surface area contributed by atoms with E-state index in [1.165, 1.54) is 6.07 Å². The summed E-state index contributed by atoms with van der Waals surface area (Å²) in [7, 11) is -3.79. The summed E-state index contributed by atoms with van der Waals surface area (Å²) in [5.74, 6) is 0.275. The molecule has 0 fully saturated rings. The molecule has 3 aromatic rings. The van der Waals surface area contributed by atoms with E-state index in [0.29, 0.717) is 22.4 Å². The first-order valence-electron chi connectivity index (χ1n) is 8.42. The van der Waals surface area contributed by atoms with Crippen molar-refractivity contribution in [3.8, 4) is 17.2 Å². The predicted molar refractivity (Wildman–Crippen MR) is 108 cm³/mol. The number of esters is 1. The Hall–Kier alpha value is -3.25. The van der Waals surface area contributed by atoms with E-state index < -0.39 is 27.7 Å². The van der Waals surface area contributed by atoms with Crippen molar-refractivity contribution in [1.29, 1.82) is 0 Å². The zero-order valence-electron chi connectivity index (χ0n) is 16.2. The Balaban J connectivity index is 0.00000101. The van der Waals surface area contributed by atoms with Crippen LogP contribution in [0, 0.1) is 6.92 Å². The minimum Gasteiger partial charge on any atom is -0.461 e. The van der Waals surface area contributed by atoms with Crippen molar-refractivity contribution in [2.24, 2.45) is 0 Å². The smallest absolute Gasteiger partial charge is 0.354 e. The number of hydrogen-bond donors (Lipinski definition) is 1. The van der Waals surface area contributed by atoms with Crippen LogP contribution in [0.4, 0.5) is 0 Å². The first-order valence-corrected chi connectivity index (χ1v) is 10.9. The van der Waals surface area contributed by atoms with Crippen molar-refractivity contribution >= 4 is 38.6 Å². The molecule has 2 heterocycles. The number of rotatable bonds is 6. The van der Waals surface area contributed by atoms with Crippen molar-refractivity contribution in [2.45, 2.75) is 13.8 Å². The minimum absolute atomic E-state index is 0.0145. The fraction of sp³-hybridized carbons (Fsp3) is 0.222. The Morgan fingerprint density at radius 3 is 2.43 bits per heavy atom. The topological polar surface area (TPSA) is 142 Å². The molecule has 0 aliphatic carbocycles. The lowest BCUT2D eigenvalue weighted by Gasteiger charge is -2.09. The highest BCUT2D eigenvalue weighted by molar-refractivity contribution is 7.86. The number of aryl methyl sites for hydroxylation is 1. The number of carbonyl (C=O) groups excluding carboxylic acids is 1. The lowest BCUT2D eigenvalue weighted by atomic mass is 10.2. The van der Waals surface area contributed by atoms with Gasteiger partial charge in [0.2, 0.25) is 0 Å². The first-order chi connectivity index (χ1) is 14.2. The van der Waals surface area contributed by atoms with Crippen LogP contribution in [0.5, 0.6) is 17.2 Å². The van der Waals surface area contributed by atoms with E-state index in [2.05, 4.69) is 9.97 Å². The summed E-state index contributed by atoms with van der Waals surface area (Å²) < 4.78 is 55.6. The predicted octanol–water partition coefficient (Wildman–Crippen LogP) is 2.51. The molecule has 0 radical (unpaired) electrons. The van der Waals surface area contributed by atoms with E-state index in [1.807, 2.05) is 6.92 Å². The van der Waals surface area contributed by atoms with Gasteiger partial charge in [-0.3, -0.25) is 4.98 Å². The average molecular weight is 454 g/mol. The van der Waals surface area contributed by atoms with E-state index in [9.17, 15) is 13.2 Å². The van der Waals surface area contributed by atoms with Gasteiger partial charge in [-0.05, 0) is 38.1 Å². The minimum atomic E-state index is -3.79. The van der Waals surface area contributed by atoms with Crippen molar-refractivity contribution < 1.29 is 35.3 Å². The number of ether oxygens (including phenoxy) is 2. The number of nitrogens with zero attached hydrogens (tertiary/aromatic N) is 1. The van der Waals surface area contributed by atoms with Gasteiger partial charge in [-0.1, -0.05) is 0 Å². The molecule has 0 atom stereocenters. The van der Waals surface area contributed by atoms with Crippen LogP contribution in [0.15, 0.2) is 36.5 Å². The summed E-state index contributed by atoms with van der Waals surface area (Å²) in [4.78, 5) is 19.0. The fourth-order valence-corrected chi connectivity index (χ4v) is 2.90. The molecule has 30 heavy (non-hydrogen) atoms. The number of aromatic amines is 1. The van der Waals surface area contributed by atoms with Crippen LogP contribution in [-0.2, 0) is 26.4 Å². The number of carbonyl (C=O) groups is 1. The number of benzene rings is 1. The maximum Gasteiger partial charge on any atom is 0.354 e. The summed E-state index contributed by atoms with van der Waals surface area (Å²) in [6.07, 6.45) is 2.49. The van der Waals surface area contributed by atoms with Crippen LogP contribution < -0.4 is 8.92 Å². The van der Waals surface area contributed by atoms with Gasteiger partial charge in [0.25, 0.3) is 0 Å². The molecule has 0 saturated carbocycles. The normalized spacial score (nSPS) is 10.6. The second-order valence-electron chi connectivity index (χ2n) is 5.88. The Kier molecular flexibility index (Phi) is 7.66. The molecule has 0 spiro atoms. The number of nitrogens with one attached hydrogen (secondary N) is 1. The van der Waals surface area contributed by atoms with Crippen molar-refractivity contribution in [1.82, 2.24) is 9.97 Å². The lowest BCUT2D eigenvalue weighted by molar-refractivity contribution is 0.0520. The maximum atomic E-state index is 12.0. The van der Waals surface area contributed by atoms with Gasteiger partial charge in [-0.25, -0.2) is 4.79 Å². The molecule has 0 amide bonds. The molecule has 10 nitrogen and oxygen atoms in total. The Morgan fingerprint density at radius 2 is 1.87 bits per heavy atom. The molecular formula is C18H18N2O8S2. The monoisotopic (exact) mass is 454 g/mol. The summed E-state index contributed by atoms with van der Waals surface area (Å²) in [5.41, 5.74) is 1.36. The SMILES string of the molecule is CCOC(=O)c1cc2cc(Oc3ccc(C)nc3)cc(OS(C)(=O)=O)c2[nH]1.O=S=O. The van der Waals surface area contributed by atoms with E-state index in [1.54, 1.807) is 37.4 Å². The fourth-order valence-electron chi connectivity index (χ4n) is 2.44. The molecule has 2 aromatic heterocycles. The quantitative estimate of drug-likeness (QED) is 0.439. The average Bonchev–Trinajstić information content (AvgIpc) is 3.08. The second-order valence-corrected chi connectivity index (χ2v) is 7.59. The number of H-pyrrole nitrogens is 1. The Bertz CT molecular complexity index is 1180. The van der Waals surface area contributed by atoms with E-state index in [0.717, 1.165) is 11.9 Å². The van der Waals surface area contributed by atoms with Gasteiger partial charge in [-0.15, -0.1) is 0 Å². The summed E-state index contributed by atoms with van der Waals surface area (Å²) >= 11 is -0.750. The van der Waals surface area contributed by atoms with Gasteiger partial charge >= 0.3 is 27.7 Å². The van der Waals surface area contributed by atoms with Crippen molar-refractivity contribution in [2.75, 3.05) is 12.9 Å². The lowest BCUT2D eigenvalue weighted by Crippen LogP contribution is -2.07. The molecule has 0 saturated heterocycles. The highest BCUT2D eigenvalue weighted by atomic mass is 32.2. The van der Waals surface area contributed by atoms with Crippen molar-refractivity contribution in [3.63, 3.8) is 0 Å². The summed E-state index contributed by atoms with van der Waals surface area (Å²) in [6, 6.07) is 8.16. The van der Waals surface area contributed by atoms with Gasteiger partial charge in [0.15, 0.2) is 5.75 Å². The van der Waals surface area contributed by atoms with Crippen LogP contribution in [0.3, 0.4) is 0 Å². The molecule has 160 valence electrons. The standard InChI is InChI=1S/C18H18N2O6S.O2S/c1-4-24-18(21)15-8-12-7-14(25-13-6-5-11(2)19-10-13)9-16(17(12)20-15)26-27(3,22)23;1-3-2/h5-10,20H,4H2,1-3H3;. The highest BCUT2D eigenvalue weighted by Gasteiger charge is 2.17. The number of hydrogen-bond acceptors (Lipinski definition) is 9. The molecule has 1 N–H and O–H groups in total. The van der Waals surface area contributed by atoms with Crippen LogP contribution >= 0.6 is 0 Å². The summed E-state index contributed by atoms with van der Waals surface area (Å²) in [5, 5.41) is 0.536. The number of fused-ring (bicyclic) bond motifs is 1. The van der Waals surface area contributed by atoms with Crippen LogP contribution in [0.25, 0.3) is 10.9 Å². The van der Waals surface area contributed by atoms with Crippen LogP contribution in [0.2, 0.25) is 0 Å². The van der Waals surface area contributed by atoms with Gasteiger partial charge < -0.3 is 18.6 Å². The molecule has 3 rings (SSSR count). The maximum absolute atomic E-state index is 12.0. The molecule has 0 unspecified atom stereocenters. The van der Waals surface area contributed by atoms with E-state index in [-0.39, 0.29) is 18.1 Å². The van der Waals surface area contributed by atoms with E-state index in [4.69, 9.17) is 22.1 Å². The van der Waals surface area contributed by atoms with Gasteiger partial charge in [0, 0.05) is 17.1 Å². The first kappa shape index (κ1) is 23.0. The van der Waals surface area contributed by atoms with E-state index >= 15 is 0 Å².